The van der Waals surface area contributed by atoms with Crippen molar-refractivity contribution in [1.29, 1.82) is 0 Å². The van der Waals surface area contributed by atoms with Crippen LogP contribution in [0.3, 0.4) is 0 Å². The summed E-state index contributed by atoms with van der Waals surface area (Å²) in [7, 11) is 1.63. The molecule has 0 spiro atoms. The molecular formula is C25H26Cl3N5O2S. The van der Waals surface area contributed by atoms with Gasteiger partial charge in [0, 0.05) is 27.9 Å². The topological polar surface area (TPSA) is 74.1 Å². The van der Waals surface area contributed by atoms with Gasteiger partial charge in [0.15, 0.2) is 11.5 Å². The minimum absolute atomic E-state index is 0. The van der Waals surface area contributed by atoms with E-state index in [1.165, 1.54) is 0 Å². The lowest BCUT2D eigenvalue weighted by Gasteiger charge is -2.14. The Kier molecular flexibility index (Phi) is 11.2. The molecule has 11 heteroatoms. The maximum atomic E-state index is 6.24. The van der Waals surface area contributed by atoms with Crippen LogP contribution in [0.25, 0.3) is 5.69 Å². The van der Waals surface area contributed by atoms with Crippen molar-refractivity contribution in [2.45, 2.75) is 24.7 Å². The number of thioether (sulfide) groups is 1. The Morgan fingerprint density at radius 1 is 0.972 bits per heavy atom. The molecule has 1 aromatic heterocycles. The van der Waals surface area contributed by atoms with Crippen molar-refractivity contribution in [2.75, 3.05) is 19.4 Å². The highest BCUT2D eigenvalue weighted by molar-refractivity contribution is 7.99. The van der Waals surface area contributed by atoms with E-state index >= 15 is 0 Å². The highest BCUT2D eigenvalue weighted by Gasteiger charge is 2.11. The van der Waals surface area contributed by atoms with Gasteiger partial charge in [-0.3, -0.25) is 0 Å². The van der Waals surface area contributed by atoms with Crippen molar-refractivity contribution in [1.82, 2.24) is 25.5 Å². The number of para-hydroxylation sites is 1. The van der Waals surface area contributed by atoms with E-state index in [4.69, 9.17) is 32.7 Å². The molecule has 0 bridgehead atoms. The third-order valence-corrected chi connectivity index (χ3v) is 6.88. The van der Waals surface area contributed by atoms with Crippen LogP contribution in [0, 0.1) is 0 Å². The predicted molar refractivity (Wildman–Crippen MR) is 147 cm³/mol. The average Bonchev–Trinajstić information content (AvgIpc) is 3.35. The molecule has 1 heterocycles. The third-order valence-electron chi connectivity index (χ3n) is 5.16. The normalized spacial score (nSPS) is 10.6. The van der Waals surface area contributed by atoms with Crippen molar-refractivity contribution in [3.05, 3.63) is 87.9 Å². The Morgan fingerprint density at radius 3 is 2.50 bits per heavy atom. The number of rotatable bonds is 12. The first kappa shape index (κ1) is 28.1. The zero-order valence-electron chi connectivity index (χ0n) is 19.6. The lowest BCUT2D eigenvalue weighted by atomic mass is 10.2. The molecule has 0 unspecified atom stereocenters. The number of ether oxygens (including phenoxy) is 2. The minimum atomic E-state index is 0. The Bertz CT molecular complexity index is 1220. The quantitative estimate of drug-likeness (QED) is 0.160. The molecule has 0 aliphatic carbocycles. The molecule has 4 aromatic rings. The predicted octanol–water partition coefficient (Wildman–Crippen LogP) is 6.25. The summed E-state index contributed by atoms with van der Waals surface area (Å²) in [4.78, 5) is 0. The number of methoxy groups -OCH3 is 1. The van der Waals surface area contributed by atoms with Gasteiger partial charge in [-0.2, -0.15) is 4.68 Å². The Hall–Kier alpha value is -2.49. The molecule has 0 fully saturated rings. The fourth-order valence-corrected chi connectivity index (χ4v) is 4.69. The molecule has 0 aliphatic rings. The SMILES string of the molecule is COc1cc(CNCCCSc2nnnn2-c2ccccc2)ccc1OCc1c(Cl)cccc1Cl.Cl. The molecule has 3 aromatic carbocycles. The number of tetrazole rings is 1. The van der Waals surface area contributed by atoms with Crippen LogP contribution >= 0.6 is 47.4 Å². The summed E-state index contributed by atoms with van der Waals surface area (Å²) in [5, 5.41) is 17.4. The molecule has 0 saturated carbocycles. The lowest BCUT2D eigenvalue weighted by molar-refractivity contribution is 0.284. The van der Waals surface area contributed by atoms with E-state index in [2.05, 4.69) is 20.8 Å². The zero-order valence-corrected chi connectivity index (χ0v) is 22.7. The van der Waals surface area contributed by atoms with E-state index in [0.29, 0.717) is 21.5 Å². The highest BCUT2D eigenvalue weighted by atomic mass is 35.5. The molecule has 7 nitrogen and oxygen atoms in total. The number of nitrogens with zero attached hydrogens (tertiary/aromatic N) is 4. The number of aromatic nitrogens is 4. The fraction of sp³-hybridized carbons (Fsp3) is 0.240. The van der Waals surface area contributed by atoms with Gasteiger partial charge in [-0.05, 0) is 65.4 Å². The standard InChI is InChI=1S/C25H25Cl2N5O2S.ClH/c1-33-24-15-18(11-12-23(24)34-17-20-21(26)9-5-10-22(20)27)16-28-13-6-14-35-25-29-30-31-32(25)19-7-3-2-4-8-19;/h2-5,7-12,15,28H,6,13-14,16-17H2,1H3;1H. The molecule has 0 atom stereocenters. The summed E-state index contributed by atoms with van der Waals surface area (Å²) >= 11 is 14.1. The second-order valence-corrected chi connectivity index (χ2v) is 9.44. The molecule has 190 valence electrons. The van der Waals surface area contributed by atoms with E-state index in [-0.39, 0.29) is 19.0 Å². The molecule has 36 heavy (non-hydrogen) atoms. The summed E-state index contributed by atoms with van der Waals surface area (Å²) in [6, 6.07) is 21.2. The van der Waals surface area contributed by atoms with Crippen molar-refractivity contribution in [2.24, 2.45) is 0 Å². The maximum Gasteiger partial charge on any atom is 0.214 e. The van der Waals surface area contributed by atoms with Crippen LogP contribution in [0.4, 0.5) is 0 Å². The van der Waals surface area contributed by atoms with Gasteiger partial charge in [-0.1, -0.05) is 65.3 Å². The second-order valence-electron chi connectivity index (χ2n) is 7.56. The van der Waals surface area contributed by atoms with Crippen molar-refractivity contribution in [3.8, 4) is 17.2 Å². The Balaban J connectivity index is 0.00000361. The van der Waals surface area contributed by atoms with E-state index < -0.39 is 0 Å². The molecule has 0 aliphatic heterocycles. The van der Waals surface area contributed by atoms with Gasteiger partial charge in [-0.15, -0.1) is 17.5 Å². The molecule has 0 amide bonds. The summed E-state index contributed by atoms with van der Waals surface area (Å²) in [5.41, 5.74) is 2.81. The van der Waals surface area contributed by atoms with Crippen LogP contribution < -0.4 is 14.8 Å². The number of hydrogen-bond acceptors (Lipinski definition) is 7. The summed E-state index contributed by atoms with van der Waals surface area (Å²) in [5.74, 6) is 2.21. The minimum Gasteiger partial charge on any atom is -0.493 e. The van der Waals surface area contributed by atoms with Crippen LogP contribution in [0.2, 0.25) is 10.0 Å². The maximum absolute atomic E-state index is 6.24. The summed E-state index contributed by atoms with van der Waals surface area (Å²) < 4.78 is 13.2. The number of benzene rings is 3. The van der Waals surface area contributed by atoms with Gasteiger partial charge in [0.1, 0.15) is 6.61 Å². The smallest absolute Gasteiger partial charge is 0.214 e. The fourth-order valence-electron chi connectivity index (χ4n) is 3.35. The van der Waals surface area contributed by atoms with Gasteiger partial charge in [0.2, 0.25) is 5.16 Å². The Morgan fingerprint density at radius 2 is 1.75 bits per heavy atom. The molecule has 4 rings (SSSR count). The lowest BCUT2D eigenvalue weighted by Crippen LogP contribution is -2.15. The second kappa shape index (κ2) is 14.3. The van der Waals surface area contributed by atoms with E-state index in [0.717, 1.165) is 47.2 Å². The first-order valence-electron chi connectivity index (χ1n) is 11.1. The number of nitrogens with one attached hydrogen (secondary N) is 1. The van der Waals surface area contributed by atoms with Crippen LogP contribution in [-0.4, -0.2) is 39.6 Å². The van der Waals surface area contributed by atoms with Crippen LogP contribution in [-0.2, 0) is 13.2 Å². The molecular weight excluding hydrogens is 541 g/mol. The van der Waals surface area contributed by atoms with Gasteiger partial charge in [0.25, 0.3) is 0 Å². The largest absolute Gasteiger partial charge is 0.493 e. The highest BCUT2D eigenvalue weighted by Crippen LogP contribution is 2.31. The van der Waals surface area contributed by atoms with E-state index in [9.17, 15) is 0 Å². The van der Waals surface area contributed by atoms with Crippen molar-refractivity contribution in [3.63, 3.8) is 0 Å². The number of halogens is 3. The van der Waals surface area contributed by atoms with Crippen LogP contribution in [0.15, 0.2) is 71.9 Å². The summed E-state index contributed by atoms with van der Waals surface area (Å²) in [6.45, 7) is 1.85. The zero-order chi connectivity index (χ0) is 24.5. The first-order chi connectivity index (χ1) is 17.2. The van der Waals surface area contributed by atoms with Gasteiger partial charge >= 0.3 is 0 Å². The van der Waals surface area contributed by atoms with E-state index in [1.807, 2.05) is 54.6 Å². The summed E-state index contributed by atoms with van der Waals surface area (Å²) in [6.07, 6.45) is 0.975. The average molecular weight is 567 g/mol. The van der Waals surface area contributed by atoms with Crippen molar-refractivity contribution >= 4 is 47.4 Å². The van der Waals surface area contributed by atoms with Gasteiger partial charge < -0.3 is 14.8 Å². The monoisotopic (exact) mass is 565 g/mol. The number of hydrogen-bond donors (Lipinski definition) is 1. The van der Waals surface area contributed by atoms with Gasteiger partial charge in [-0.25, -0.2) is 0 Å². The molecule has 1 N–H and O–H groups in total. The Labute approximate surface area is 230 Å². The van der Waals surface area contributed by atoms with E-state index in [1.54, 1.807) is 35.7 Å². The first-order valence-corrected chi connectivity index (χ1v) is 12.8. The van der Waals surface area contributed by atoms with Gasteiger partial charge in [0.05, 0.1) is 12.8 Å². The third kappa shape index (κ3) is 7.51. The van der Waals surface area contributed by atoms with Crippen molar-refractivity contribution < 1.29 is 9.47 Å². The van der Waals surface area contributed by atoms with Crippen LogP contribution in [0.5, 0.6) is 11.5 Å². The molecule has 0 saturated heterocycles. The molecule has 0 radical (unpaired) electrons. The van der Waals surface area contributed by atoms with Crippen LogP contribution in [0.1, 0.15) is 17.5 Å².